The van der Waals surface area contributed by atoms with E-state index in [0.717, 1.165) is 0 Å². The van der Waals surface area contributed by atoms with Crippen molar-refractivity contribution < 1.29 is 40.6 Å². The molecule has 11 heteroatoms. The SMILES string of the molecule is CC(C)C(=O)N1N=C2CCCC[C@@H]2[C@@]1(O)C(F)(F)C(F)(F)C(F)(F)F. The van der Waals surface area contributed by atoms with Crippen LogP contribution >= 0.6 is 0 Å². The summed E-state index contributed by atoms with van der Waals surface area (Å²) in [5.41, 5.74) is -4.25. The van der Waals surface area contributed by atoms with Crippen LogP contribution in [0.2, 0.25) is 0 Å². The first-order chi connectivity index (χ1) is 11.2. The van der Waals surface area contributed by atoms with E-state index in [9.17, 15) is 40.6 Å². The Hall–Kier alpha value is -1.39. The molecular formula is C14H17F7N2O2. The van der Waals surface area contributed by atoms with Gasteiger partial charge in [0.05, 0.1) is 5.92 Å². The predicted molar refractivity (Wildman–Crippen MR) is 72.0 cm³/mol. The number of hydrogen-bond donors (Lipinski definition) is 1. The van der Waals surface area contributed by atoms with Crippen LogP contribution in [0.4, 0.5) is 30.7 Å². The van der Waals surface area contributed by atoms with Gasteiger partial charge in [-0.1, -0.05) is 20.3 Å². The van der Waals surface area contributed by atoms with Crippen molar-refractivity contribution in [1.29, 1.82) is 0 Å². The van der Waals surface area contributed by atoms with Gasteiger partial charge in [-0.15, -0.1) is 0 Å². The number of aliphatic hydroxyl groups is 1. The molecule has 1 saturated carbocycles. The Kier molecular flexibility index (Phi) is 4.64. The van der Waals surface area contributed by atoms with Gasteiger partial charge in [-0.2, -0.15) is 40.8 Å². The van der Waals surface area contributed by atoms with Crippen molar-refractivity contribution in [3.8, 4) is 0 Å². The number of carbonyl (C=O) groups is 1. The molecule has 1 aliphatic carbocycles. The fraction of sp³-hybridized carbons (Fsp3) is 0.857. The van der Waals surface area contributed by atoms with E-state index >= 15 is 0 Å². The molecule has 25 heavy (non-hydrogen) atoms. The summed E-state index contributed by atoms with van der Waals surface area (Å²) in [7, 11) is 0. The zero-order valence-electron chi connectivity index (χ0n) is 13.4. The highest BCUT2D eigenvalue weighted by Crippen LogP contribution is 2.57. The standard InChI is InChI=1S/C14H17F7N2O2/c1-7(2)10(24)23-11(25,8-5-3-4-6-9(8)22-23)12(15,16)13(17,18)14(19,20)21/h7-8,25H,3-6H2,1-2H3/t8-,11+/m0/s1. The molecular weight excluding hydrogens is 361 g/mol. The van der Waals surface area contributed by atoms with Crippen LogP contribution in [-0.2, 0) is 4.79 Å². The highest BCUT2D eigenvalue weighted by Gasteiger charge is 2.84. The van der Waals surface area contributed by atoms with Crippen molar-refractivity contribution in [3.05, 3.63) is 0 Å². The molecule has 1 aliphatic heterocycles. The summed E-state index contributed by atoms with van der Waals surface area (Å²) >= 11 is 0. The molecule has 144 valence electrons. The second-order valence-electron chi connectivity index (χ2n) is 6.57. The smallest absolute Gasteiger partial charge is 0.364 e. The Bertz CT molecular complexity index is 588. The summed E-state index contributed by atoms with van der Waals surface area (Å²) in [5, 5.41) is 13.7. The van der Waals surface area contributed by atoms with Crippen LogP contribution in [0, 0.1) is 11.8 Å². The van der Waals surface area contributed by atoms with Gasteiger partial charge in [-0.3, -0.25) is 4.79 Å². The second-order valence-corrected chi connectivity index (χ2v) is 6.57. The van der Waals surface area contributed by atoms with Crippen LogP contribution in [-0.4, -0.2) is 45.5 Å². The Morgan fingerprint density at radius 2 is 1.76 bits per heavy atom. The van der Waals surface area contributed by atoms with E-state index in [4.69, 9.17) is 0 Å². The first-order valence-electron chi connectivity index (χ1n) is 7.65. The largest absolute Gasteiger partial charge is 0.460 e. The summed E-state index contributed by atoms with van der Waals surface area (Å²) in [5.74, 6) is -16.6. The minimum Gasteiger partial charge on any atom is -0.364 e. The van der Waals surface area contributed by atoms with Crippen LogP contribution in [0.1, 0.15) is 39.5 Å². The highest BCUT2D eigenvalue weighted by atomic mass is 19.4. The summed E-state index contributed by atoms with van der Waals surface area (Å²) in [6, 6.07) is 0. The van der Waals surface area contributed by atoms with Crippen molar-refractivity contribution in [2.24, 2.45) is 16.9 Å². The lowest BCUT2D eigenvalue weighted by atomic mass is 9.76. The van der Waals surface area contributed by atoms with E-state index in [2.05, 4.69) is 5.10 Å². The molecule has 2 aliphatic rings. The third-order valence-electron chi connectivity index (χ3n) is 4.53. The third kappa shape index (κ3) is 2.61. The van der Waals surface area contributed by atoms with Crippen molar-refractivity contribution in [2.75, 3.05) is 0 Å². The molecule has 0 radical (unpaired) electrons. The van der Waals surface area contributed by atoms with Crippen LogP contribution in [0.15, 0.2) is 5.10 Å². The Balaban J connectivity index is 2.62. The quantitative estimate of drug-likeness (QED) is 0.764. The van der Waals surface area contributed by atoms with Gasteiger partial charge in [-0.05, 0) is 19.3 Å². The van der Waals surface area contributed by atoms with Gasteiger partial charge in [0.2, 0.25) is 11.6 Å². The predicted octanol–water partition coefficient (Wildman–Crippen LogP) is 3.55. The number of halogens is 7. The number of carbonyl (C=O) groups excluding carboxylic acids is 1. The van der Waals surface area contributed by atoms with E-state index in [0.29, 0.717) is 6.42 Å². The first-order valence-corrected chi connectivity index (χ1v) is 7.65. The molecule has 0 aromatic heterocycles. The maximum atomic E-state index is 14.4. The van der Waals surface area contributed by atoms with Crippen molar-refractivity contribution in [2.45, 2.75) is 63.3 Å². The summed E-state index contributed by atoms with van der Waals surface area (Å²) in [4.78, 5) is 12.1. The molecule has 2 rings (SSSR count). The zero-order valence-corrected chi connectivity index (χ0v) is 13.4. The van der Waals surface area contributed by atoms with Crippen molar-refractivity contribution >= 4 is 11.6 Å². The second kappa shape index (κ2) is 5.82. The number of fused-ring (bicyclic) bond motifs is 1. The highest BCUT2D eigenvalue weighted by molar-refractivity contribution is 5.93. The molecule has 0 unspecified atom stereocenters. The molecule has 0 saturated heterocycles. The monoisotopic (exact) mass is 378 g/mol. The van der Waals surface area contributed by atoms with E-state index < -0.39 is 41.5 Å². The normalized spacial score (nSPS) is 28.2. The van der Waals surface area contributed by atoms with Gasteiger partial charge in [0, 0.05) is 11.6 Å². The van der Waals surface area contributed by atoms with Gasteiger partial charge < -0.3 is 5.11 Å². The number of amides is 1. The molecule has 1 fully saturated rings. The van der Waals surface area contributed by atoms with Gasteiger partial charge >= 0.3 is 18.0 Å². The minimum atomic E-state index is -6.61. The molecule has 0 bridgehead atoms. The lowest BCUT2D eigenvalue weighted by Crippen LogP contribution is -2.72. The number of nitrogens with zero attached hydrogens (tertiary/aromatic N) is 2. The lowest BCUT2D eigenvalue weighted by Gasteiger charge is -2.45. The van der Waals surface area contributed by atoms with Crippen LogP contribution in [0.25, 0.3) is 0 Å². The molecule has 1 amide bonds. The van der Waals surface area contributed by atoms with Gasteiger partial charge in [0.1, 0.15) is 0 Å². The Labute approximate surface area is 138 Å². The maximum Gasteiger partial charge on any atom is 0.460 e. The van der Waals surface area contributed by atoms with Gasteiger partial charge in [-0.25, -0.2) is 0 Å². The van der Waals surface area contributed by atoms with Gasteiger partial charge in [0.25, 0.3) is 0 Å². The summed E-state index contributed by atoms with van der Waals surface area (Å²) in [6.45, 7) is 2.45. The molecule has 0 spiro atoms. The number of alkyl halides is 7. The number of hydrazone groups is 1. The number of hydrogen-bond acceptors (Lipinski definition) is 3. The first kappa shape index (κ1) is 19.9. The molecule has 2 atom stereocenters. The fourth-order valence-electron chi connectivity index (χ4n) is 3.12. The average Bonchev–Trinajstić information content (AvgIpc) is 2.80. The fourth-order valence-corrected chi connectivity index (χ4v) is 3.12. The van der Waals surface area contributed by atoms with Crippen molar-refractivity contribution in [3.63, 3.8) is 0 Å². The van der Waals surface area contributed by atoms with Gasteiger partial charge in [0.15, 0.2) is 0 Å². The van der Waals surface area contributed by atoms with E-state index in [-0.39, 0.29) is 30.0 Å². The maximum absolute atomic E-state index is 14.4. The molecule has 0 aromatic carbocycles. The topological polar surface area (TPSA) is 52.9 Å². The summed E-state index contributed by atoms with van der Waals surface area (Å²) < 4.78 is 93.8. The Morgan fingerprint density at radius 3 is 2.24 bits per heavy atom. The van der Waals surface area contributed by atoms with Crippen LogP contribution in [0.3, 0.4) is 0 Å². The minimum absolute atomic E-state index is 0.0303. The average molecular weight is 378 g/mol. The molecule has 1 heterocycles. The van der Waals surface area contributed by atoms with Crippen LogP contribution in [0.5, 0.6) is 0 Å². The van der Waals surface area contributed by atoms with E-state index in [1.54, 1.807) is 0 Å². The van der Waals surface area contributed by atoms with Crippen molar-refractivity contribution in [1.82, 2.24) is 5.01 Å². The van der Waals surface area contributed by atoms with Crippen LogP contribution < -0.4 is 0 Å². The number of rotatable bonds is 3. The summed E-state index contributed by atoms with van der Waals surface area (Å²) in [6.07, 6.45) is -6.20. The van der Waals surface area contributed by atoms with E-state index in [1.807, 2.05) is 0 Å². The Morgan fingerprint density at radius 1 is 1.20 bits per heavy atom. The third-order valence-corrected chi connectivity index (χ3v) is 4.53. The molecule has 0 aromatic rings. The van der Waals surface area contributed by atoms with E-state index in [1.165, 1.54) is 13.8 Å². The lowest BCUT2D eigenvalue weighted by molar-refractivity contribution is -0.407. The zero-order chi connectivity index (χ0) is 19.4. The molecule has 1 N–H and O–H groups in total. The molecule has 4 nitrogen and oxygen atoms in total.